The monoisotopic (exact) mass is 220 g/mol. The van der Waals surface area contributed by atoms with Crippen molar-refractivity contribution in [3.8, 4) is 0 Å². The third kappa shape index (κ3) is 9.32. The minimum atomic E-state index is 1.12. The number of methoxy groups -OCH3 is 1. The molecule has 0 radical (unpaired) electrons. The van der Waals surface area contributed by atoms with Crippen LogP contribution in [0.5, 0.6) is 0 Å². The third-order valence-electron chi connectivity index (χ3n) is 2.13. The number of hydrogen-bond acceptors (Lipinski definition) is 1. The maximum Gasteiger partial charge on any atom is 0.0853 e. The fourth-order valence-electron chi connectivity index (χ4n) is 1.26. The number of allylic oxidation sites excluding steroid dienone is 7. The summed E-state index contributed by atoms with van der Waals surface area (Å²) in [7, 11) is 1.66. The van der Waals surface area contributed by atoms with E-state index in [2.05, 4.69) is 39.0 Å². The highest BCUT2D eigenvalue weighted by Gasteiger charge is 1.87. The van der Waals surface area contributed by atoms with Crippen molar-refractivity contribution in [2.24, 2.45) is 0 Å². The lowest BCUT2D eigenvalue weighted by molar-refractivity contribution is 0.335. The topological polar surface area (TPSA) is 9.23 Å². The maximum absolute atomic E-state index is 4.91. The van der Waals surface area contributed by atoms with E-state index < -0.39 is 0 Å². The molecule has 0 amide bonds. The fraction of sp³-hybridized carbons (Fsp3) is 0.467. The van der Waals surface area contributed by atoms with Crippen molar-refractivity contribution in [3.05, 3.63) is 47.3 Å². The minimum absolute atomic E-state index is 1.12. The molecule has 0 rings (SSSR count). The first-order valence-electron chi connectivity index (χ1n) is 5.73. The van der Waals surface area contributed by atoms with Crippen LogP contribution in [-0.4, -0.2) is 7.11 Å². The minimum Gasteiger partial charge on any atom is -0.504 e. The zero-order valence-corrected chi connectivity index (χ0v) is 11.2. The number of hydrogen-bond donors (Lipinski definition) is 0. The molecule has 0 fully saturated rings. The largest absolute Gasteiger partial charge is 0.504 e. The SMILES string of the molecule is CO/C=C(C)/C=C/C=C(\C)CCC=C(C)C. The first-order chi connectivity index (χ1) is 7.56. The summed E-state index contributed by atoms with van der Waals surface area (Å²) < 4.78 is 4.91. The van der Waals surface area contributed by atoms with Gasteiger partial charge < -0.3 is 4.74 Å². The molecule has 0 aromatic carbocycles. The predicted octanol–water partition coefficient (Wildman–Crippen LogP) is 4.79. The molecule has 0 saturated carbocycles. The summed E-state index contributed by atoms with van der Waals surface area (Å²) >= 11 is 0. The summed E-state index contributed by atoms with van der Waals surface area (Å²) in [6.45, 7) is 8.46. The van der Waals surface area contributed by atoms with Gasteiger partial charge in [-0.3, -0.25) is 0 Å². The van der Waals surface area contributed by atoms with Crippen molar-refractivity contribution >= 4 is 0 Å². The van der Waals surface area contributed by atoms with Gasteiger partial charge in [-0.1, -0.05) is 35.5 Å². The van der Waals surface area contributed by atoms with Gasteiger partial charge in [0.25, 0.3) is 0 Å². The van der Waals surface area contributed by atoms with E-state index in [1.54, 1.807) is 13.4 Å². The highest BCUT2D eigenvalue weighted by atomic mass is 16.5. The Morgan fingerprint density at radius 3 is 2.38 bits per heavy atom. The lowest BCUT2D eigenvalue weighted by Gasteiger charge is -1.96. The van der Waals surface area contributed by atoms with Gasteiger partial charge in [-0.15, -0.1) is 0 Å². The van der Waals surface area contributed by atoms with Crippen LogP contribution in [-0.2, 0) is 4.74 Å². The van der Waals surface area contributed by atoms with Crippen molar-refractivity contribution in [1.82, 2.24) is 0 Å². The first-order valence-corrected chi connectivity index (χ1v) is 5.73. The van der Waals surface area contributed by atoms with Gasteiger partial charge in [0.1, 0.15) is 0 Å². The second-order valence-electron chi connectivity index (χ2n) is 4.29. The normalized spacial score (nSPS) is 13.1. The van der Waals surface area contributed by atoms with Crippen LogP contribution in [0, 0.1) is 0 Å². The van der Waals surface area contributed by atoms with E-state index in [1.807, 2.05) is 13.0 Å². The van der Waals surface area contributed by atoms with Crippen molar-refractivity contribution in [2.45, 2.75) is 40.5 Å². The summed E-state index contributed by atoms with van der Waals surface area (Å²) in [5.41, 5.74) is 3.91. The average Bonchev–Trinajstić information content (AvgIpc) is 2.17. The summed E-state index contributed by atoms with van der Waals surface area (Å²) in [5.74, 6) is 0. The molecule has 0 N–H and O–H groups in total. The number of ether oxygens (including phenoxy) is 1. The van der Waals surface area contributed by atoms with Crippen molar-refractivity contribution in [1.29, 1.82) is 0 Å². The second-order valence-corrected chi connectivity index (χ2v) is 4.29. The summed E-state index contributed by atoms with van der Waals surface area (Å²) in [5, 5.41) is 0. The van der Waals surface area contributed by atoms with Crippen LogP contribution >= 0.6 is 0 Å². The third-order valence-corrected chi connectivity index (χ3v) is 2.13. The zero-order chi connectivity index (χ0) is 12.4. The average molecular weight is 220 g/mol. The Morgan fingerprint density at radius 2 is 1.81 bits per heavy atom. The molecule has 0 heterocycles. The Bertz CT molecular complexity index is 299. The van der Waals surface area contributed by atoms with Gasteiger partial charge >= 0.3 is 0 Å². The van der Waals surface area contributed by atoms with E-state index in [0.717, 1.165) is 18.4 Å². The van der Waals surface area contributed by atoms with Crippen molar-refractivity contribution in [2.75, 3.05) is 7.11 Å². The Balaban J connectivity index is 4.04. The molecule has 0 saturated heterocycles. The van der Waals surface area contributed by atoms with Crippen LogP contribution in [0.2, 0.25) is 0 Å². The molecule has 0 spiro atoms. The molecule has 1 heteroatoms. The van der Waals surface area contributed by atoms with Gasteiger partial charge in [0, 0.05) is 0 Å². The second kappa shape index (κ2) is 9.02. The Morgan fingerprint density at radius 1 is 1.12 bits per heavy atom. The summed E-state index contributed by atoms with van der Waals surface area (Å²) in [6, 6.07) is 0. The van der Waals surface area contributed by atoms with Gasteiger partial charge in [-0.2, -0.15) is 0 Å². The predicted molar refractivity (Wildman–Crippen MR) is 72.3 cm³/mol. The van der Waals surface area contributed by atoms with Crippen LogP contribution in [0.4, 0.5) is 0 Å². The van der Waals surface area contributed by atoms with Gasteiger partial charge in [-0.05, 0) is 46.1 Å². The van der Waals surface area contributed by atoms with E-state index in [4.69, 9.17) is 4.74 Å². The van der Waals surface area contributed by atoms with Gasteiger partial charge in [0.2, 0.25) is 0 Å². The highest BCUT2D eigenvalue weighted by Crippen LogP contribution is 2.07. The number of rotatable bonds is 6. The Hall–Kier alpha value is -1.24. The van der Waals surface area contributed by atoms with Crippen LogP contribution in [0.25, 0.3) is 0 Å². The van der Waals surface area contributed by atoms with E-state index in [0.29, 0.717) is 0 Å². The molecule has 0 aliphatic heterocycles. The molecular weight excluding hydrogens is 196 g/mol. The molecular formula is C15H24O. The van der Waals surface area contributed by atoms with Crippen LogP contribution in [0.1, 0.15) is 40.5 Å². The molecule has 0 unspecified atom stereocenters. The molecule has 0 bridgehead atoms. The molecule has 90 valence electrons. The lowest BCUT2D eigenvalue weighted by Crippen LogP contribution is -1.76. The standard InChI is InChI=1S/C15H24O/c1-13(2)8-6-9-14(3)10-7-11-15(4)12-16-5/h7-8,10-12H,6,9H2,1-5H3/b11-7+,14-10+,15-12+. The summed E-state index contributed by atoms with van der Waals surface area (Å²) in [4.78, 5) is 0. The summed E-state index contributed by atoms with van der Waals surface area (Å²) in [6.07, 6.45) is 12.6. The highest BCUT2D eigenvalue weighted by molar-refractivity contribution is 5.21. The van der Waals surface area contributed by atoms with Crippen LogP contribution in [0.3, 0.4) is 0 Å². The first kappa shape index (κ1) is 14.8. The van der Waals surface area contributed by atoms with E-state index in [-0.39, 0.29) is 0 Å². The Labute approximate surface area is 100 Å². The Kier molecular flexibility index (Phi) is 8.32. The molecule has 0 aliphatic rings. The fourth-order valence-corrected chi connectivity index (χ4v) is 1.26. The molecule has 16 heavy (non-hydrogen) atoms. The van der Waals surface area contributed by atoms with Crippen LogP contribution < -0.4 is 0 Å². The molecule has 0 aromatic rings. The lowest BCUT2D eigenvalue weighted by atomic mass is 10.1. The van der Waals surface area contributed by atoms with Gasteiger partial charge in [-0.25, -0.2) is 0 Å². The van der Waals surface area contributed by atoms with Crippen LogP contribution in [0.15, 0.2) is 47.3 Å². The molecule has 1 nitrogen and oxygen atoms in total. The van der Waals surface area contributed by atoms with Gasteiger partial charge in [0.05, 0.1) is 13.4 Å². The quantitative estimate of drug-likeness (QED) is 0.355. The van der Waals surface area contributed by atoms with E-state index in [1.165, 1.54) is 11.1 Å². The zero-order valence-electron chi connectivity index (χ0n) is 11.2. The maximum atomic E-state index is 4.91. The molecule has 0 aliphatic carbocycles. The van der Waals surface area contributed by atoms with E-state index in [9.17, 15) is 0 Å². The smallest absolute Gasteiger partial charge is 0.0853 e. The van der Waals surface area contributed by atoms with Crippen molar-refractivity contribution < 1.29 is 4.74 Å². The molecule has 0 atom stereocenters. The molecule has 0 aromatic heterocycles. The van der Waals surface area contributed by atoms with E-state index >= 15 is 0 Å². The van der Waals surface area contributed by atoms with Crippen molar-refractivity contribution in [3.63, 3.8) is 0 Å². The van der Waals surface area contributed by atoms with Gasteiger partial charge in [0.15, 0.2) is 0 Å².